The normalized spacial score (nSPS) is 16.6. The molecule has 0 amide bonds. The summed E-state index contributed by atoms with van der Waals surface area (Å²) >= 11 is 0. The van der Waals surface area contributed by atoms with Crippen LogP contribution in [0.15, 0.2) is 32.3 Å². The van der Waals surface area contributed by atoms with Crippen LogP contribution in [0.2, 0.25) is 0 Å². The van der Waals surface area contributed by atoms with Crippen LogP contribution in [0.4, 0.5) is 6.01 Å². The third-order valence-corrected chi connectivity index (χ3v) is 6.04. The molecule has 1 fully saturated rings. The van der Waals surface area contributed by atoms with E-state index in [1.165, 1.54) is 16.4 Å². The van der Waals surface area contributed by atoms with E-state index < -0.39 is 10.0 Å². The molecular weight excluding hydrogens is 348 g/mol. The van der Waals surface area contributed by atoms with E-state index in [-0.39, 0.29) is 10.6 Å². The first-order chi connectivity index (χ1) is 11.9. The van der Waals surface area contributed by atoms with E-state index in [4.69, 9.17) is 4.42 Å². The summed E-state index contributed by atoms with van der Waals surface area (Å²) < 4.78 is 32.5. The molecule has 0 unspecified atom stereocenters. The topological polar surface area (TPSA) is 128 Å². The predicted octanol–water partition coefficient (Wildman–Crippen LogP) is 0.0585. The Hall–Kier alpha value is -2.66. The second-order valence-corrected chi connectivity index (χ2v) is 7.72. The number of fused-ring (bicyclic) bond motifs is 1. The molecule has 1 aromatic carbocycles. The molecule has 0 saturated carbocycles. The molecule has 0 aliphatic carbocycles. The Bertz CT molecular complexity index is 1070. The lowest BCUT2D eigenvalue weighted by Crippen LogP contribution is -2.48. The van der Waals surface area contributed by atoms with Crippen LogP contribution in [0.3, 0.4) is 0 Å². The Balaban J connectivity index is 1.55. The van der Waals surface area contributed by atoms with Gasteiger partial charge in [0, 0.05) is 33.1 Å². The van der Waals surface area contributed by atoms with Crippen molar-refractivity contribution >= 4 is 27.1 Å². The maximum atomic E-state index is 12.8. The highest BCUT2D eigenvalue weighted by atomic mass is 32.2. The summed E-state index contributed by atoms with van der Waals surface area (Å²) in [4.78, 5) is 18.5. The van der Waals surface area contributed by atoms with E-state index in [2.05, 4.69) is 20.2 Å². The van der Waals surface area contributed by atoms with Gasteiger partial charge in [-0.2, -0.15) is 4.31 Å². The van der Waals surface area contributed by atoms with Gasteiger partial charge in [0.2, 0.25) is 15.9 Å². The van der Waals surface area contributed by atoms with Gasteiger partial charge in [-0.25, -0.2) is 13.2 Å². The second-order valence-electron chi connectivity index (χ2n) is 5.78. The molecule has 0 spiro atoms. The second kappa shape index (κ2) is 5.70. The monoisotopic (exact) mass is 364 g/mol. The highest BCUT2D eigenvalue weighted by Gasteiger charge is 2.30. The van der Waals surface area contributed by atoms with Crippen LogP contribution in [-0.4, -0.2) is 59.1 Å². The standard InChI is InChI=1S/C14H16N6O4S/c1-9-17-18-14(24-9)19-4-6-20(7-5-19)25(22,23)10-2-3-11-12(8-10)16-13(21)15-11/h2-3,8H,4-7H2,1H3,(H2,15,16,21). The van der Waals surface area contributed by atoms with E-state index in [9.17, 15) is 13.2 Å². The van der Waals surface area contributed by atoms with Crippen LogP contribution >= 0.6 is 0 Å². The van der Waals surface area contributed by atoms with E-state index in [0.29, 0.717) is 49.1 Å². The molecule has 132 valence electrons. The van der Waals surface area contributed by atoms with Gasteiger partial charge in [-0.05, 0) is 18.2 Å². The van der Waals surface area contributed by atoms with Gasteiger partial charge in [-0.15, -0.1) is 5.10 Å². The zero-order chi connectivity index (χ0) is 17.6. The first-order valence-electron chi connectivity index (χ1n) is 7.71. The van der Waals surface area contributed by atoms with Gasteiger partial charge in [0.25, 0.3) is 0 Å². The van der Waals surface area contributed by atoms with Crippen molar-refractivity contribution in [2.24, 2.45) is 0 Å². The lowest BCUT2D eigenvalue weighted by Gasteiger charge is -2.32. The van der Waals surface area contributed by atoms with Gasteiger partial charge in [0.1, 0.15) is 0 Å². The highest BCUT2D eigenvalue weighted by molar-refractivity contribution is 7.89. The van der Waals surface area contributed by atoms with Crippen molar-refractivity contribution in [3.63, 3.8) is 0 Å². The average molecular weight is 364 g/mol. The number of sulfonamides is 1. The van der Waals surface area contributed by atoms with Crippen LogP contribution in [0, 0.1) is 6.92 Å². The minimum Gasteiger partial charge on any atom is -0.408 e. The summed E-state index contributed by atoms with van der Waals surface area (Å²) in [5.41, 5.74) is 0.666. The molecule has 2 N–H and O–H groups in total. The van der Waals surface area contributed by atoms with Gasteiger partial charge in [-0.3, -0.25) is 0 Å². The summed E-state index contributed by atoms with van der Waals surface area (Å²) in [5, 5.41) is 7.74. The third-order valence-electron chi connectivity index (χ3n) is 4.15. The molecule has 3 heterocycles. The van der Waals surface area contributed by atoms with Crippen molar-refractivity contribution in [1.29, 1.82) is 0 Å². The lowest BCUT2D eigenvalue weighted by atomic mass is 10.3. The van der Waals surface area contributed by atoms with Crippen LogP contribution in [0.25, 0.3) is 11.0 Å². The molecule has 25 heavy (non-hydrogen) atoms. The number of imidazole rings is 1. The zero-order valence-corrected chi connectivity index (χ0v) is 14.2. The summed E-state index contributed by atoms with van der Waals surface area (Å²) in [6.45, 7) is 3.25. The van der Waals surface area contributed by atoms with Gasteiger partial charge >= 0.3 is 11.7 Å². The molecule has 0 bridgehead atoms. The number of piperazine rings is 1. The van der Waals surface area contributed by atoms with Crippen molar-refractivity contribution < 1.29 is 12.8 Å². The highest BCUT2D eigenvalue weighted by Crippen LogP contribution is 2.22. The molecule has 11 heteroatoms. The molecular formula is C14H16N6O4S. The number of nitrogens with zero attached hydrogens (tertiary/aromatic N) is 4. The number of benzene rings is 1. The molecule has 4 rings (SSSR count). The summed E-state index contributed by atoms with van der Waals surface area (Å²) in [7, 11) is -3.64. The van der Waals surface area contributed by atoms with Gasteiger partial charge in [-0.1, -0.05) is 5.10 Å². The van der Waals surface area contributed by atoms with Crippen molar-refractivity contribution in [3.8, 4) is 0 Å². The Kier molecular flexibility index (Phi) is 3.62. The number of hydrogen-bond donors (Lipinski definition) is 2. The molecule has 1 aliphatic rings. The SMILES string of the molecule is Cc1nnc(N2CCN(S(=O)(=O)c3ccc4[nH]c(=O)[nH]c4c3)CC2)o1. The van der Waals surface area contributed by atoms with Crippen LogP contribution in [0.5, 0.6) is 0 Å². The largest absolute Gasteiger partial charge is 0.408 e. The number of aromatic amines is 2. The number of anilines is 1. The zero-order valence-electron chi connectivity index (χ0n) is 13.4. The molecule has 1 aliphatic heterocycles. The molecule has 1 saturated heterocycles. The molecule has 0 atom stereocenters. The van der Waals surface area contributed by atoms with Crippen LogP contribution in [0.1, 0.15) is 5.89 Å². The van der Waals surface area contributed by atoms with Crippen molar-refractivity contribution in [1.82, 2.24) is 24.5 Å². The minimum absolute atomic E-state index is 0.150. The number of aryl methyl sites for hydroxylation is 1. The first-order valence-corrected chi connectivity index (χ1v) is 9.15. The Morgan fingerprint density at radius 1 is 1.08 bits per heavy atom. The van der Waals surface area contributed by atoms with Gasteiger partial charge in [0.15, 0.2) is 0 Å². The Morgan fingerprint density at radius 3 is 2.48 bits per heavy atom. The number of hydrogen-bond acceptors (Lipinski definition) is 7. The number of nitrogens with one attached hydrogen (secondary N) is 2. The fourth-order valence-electron chi connectivity index (χ4n) is 2.85. The number of H-pyrrole nitrogens is 2. The third kappa shape index (κ3) is 2.81. The maximum Gasteiger partial charge on any atom is 0.323 e. The fraction of sp³-hybridized carbons (Fsp3) is 0.357. The lowest BCUT2D eigenvalue weighted by molar-refractivity contribution is 0.370. The van der Waals surface area contributed by atoms with Crippen LogP contribution in [-0.2, 0) is 10.0 Å². The van der Waals surface area contributed by atoms with Crippen molar-refractivity contribution in [3.05, 3.63) is 34.6 Å². The Labute approximate surface area is 142 Å². The molecule has 10 nitrogen and oxygen atoms in total. The predicted molar refractivity (Wildman–Crippen MR) is 88.9 cm³/mol. The van der Waals surface area contributed by atoms with Gasteiger partial charge < -0.3 is 19.3 Å². The average Bonchev–Trinajstić information content (AvgIpc) is 3.18. The molecule has 3 aromatic rings. The van der Waals surface area contributed by atoms with Crippen LogP contribution < -0.4 is 10.6 Å². The van der Waals surface area contributed by atoms with Gasteiger partial charge in [0.05, 0.1) is 15.9 Å². The minimum atomic E-state index is -3.64. The fourth-order valence-corrected chi connectivity index (χ4v) is 4.30. The van der Waals surface area contributed by atoms with E-state index in [0.717, 1.165) is 0 Å². The molecule has 0 radical (unpaired) electrons. The summed E-state index contributed by atoms with van der Waals surface area (Å²) in [5.74, 6) is 0.471. The quantitative estimate of drug-likeness (QED) is 0.672. The van der Waals surface area contributed by atoms with E-state index in [1.807, 2.05) is 4.90 Å². The first kappa shape index (κ1) is 15.8. The van der Waals surface area contributed by atoms with E-state index in [1.54, 1.807) is 13.0 Å². The summed E-state index contributed by atoms with van der Waals surface area (Å²) in [6.07, 6.45) is 0. The van der Waals surface area contributed by atoms with E-state index >= 15 is 0 Å². The Morgan fingerprint density at radius 2 is 1.80 bits per heavy atom. The van der Waals surface area contributed by atoms with Crippen molar-refractivity contribution in [2.75, 3.05) is 31.1 Å². The number of rotatable bonds is 3. The smallest absolute Gasteiger partial charge is 0.323 e. The van der Waals surface area contributed by atoms with Crippen molar-refractivity contribution in [2.45, 2.75) is 11.8 Å². The maximum absolute atomic E-state index is 12.8. The summed E-state index contributed by atoms with van der Waals surface area (Å²) in [6, 6.07) is 4.95. The molecule has 2 aromatic heterocycles. The number of aromatic nitrogens is 4.